The first-order valence-electron chi connectivity index (χ1n) is 23.6. The number of hydrogen-bond acceptors (Lipinski definition) is 2. The predicted molar refractivity (Wildman–Crippen MR) is 290 cm³/mol. The van der Waals surface area contributed by atoms with Crippen molar-refractivity contribution < 1.29 is 4.42 Å². The number of furan rings is 1. The first kappa shape index (κ1) is 40.1. The van der Waals surface area contributed by atoms with Gasteiger partial charge in [0.15, 0.2) is 0 Å². The van der Waals surface area contributed by atoms with Crippen molar-refractivity contribution in [1.29, 1.82) is 0 Å². The molecule has 0 N–H and O–H groups in total. The van der Waals surface area contributed by atoms with Crippen LogP contribution in [0, 0.1) is 0 Å². The van der Waals surface area contributed by atoms with Gasteiger partial charge in [-0.2, -0.15) is 0 Å². The highest BCUT2D eigenvalue weighted by atomic mass is 16.3. The van der Waals surface area contributed by atoms with Gasteiger partial charge in [0.2, 0.25) is 0 Å². The van der Waals surface area contributed by atoms with Gasteiger partial charge < -0.3 is 13.9 Å². The number of fused-ring (bicyclic) bond motifs is 6. The minimum atomic E-state index is 0.883. The van der Waals surface area contributed by atoms with Crippen LogP contribution in [-0.2, 0) is 0 Å². The molecule has 13 aromatic rings. The zero-order valence-electron chi connectivity index (χ0n) is 37.7. The lowest BCUT2D eigenvalue weighted by Crippen LogP contribution is -2.09. The van der Waals surface area contributed by atoms with Crippen molar-refractivity contribution in [2.24, 2.45) is 0 Å². The van der Waals surface area contributed by atoms with Gasteiger partial charge in [0, 0.05) is 44.3 Å². The van der Waals surface area contributed by atoms with Crippen molar-refractivity contribution in [3.63, 3.8) is 0 Å². The molecule has 2 aromatic heterocycles. The van der Waals surface area contributed by atoms with E-state index in [0.717, 1.165) is 78.1 Å². The van der Waals surface area contributed by atoms with E-state index in [2.05, 4.69) is 264 Å². The smallest absolute Gasteiger partial charge is 0.136 e. The van der Waals surface area contributed by atoms with Crippen LogP contribution < -0.4 is 4.90 Å². The number of nitrogens with zero attached hydrogens (tertiary/aromatic N) is 2. The number of aromatic nitrogens is 1. The van der Waals surface area contributed by atoms with Gasteiger partial charge in [-0.05, 0) is 159 Å². The molecule has 3 heteroatoms. The van der Waals surface area contributed by atoms with E-state index in [-0.39, 0.29) is 0 Å². The van der Waals surface area contributed by atoms with E-state index in [1.807, 2.05) is 12.1 Å². The molecule has 0 spiro atoms. The third kappa shape index (κ3) is 7.34. The maximum atomic E-state index is 6.43. The lowest BCUT2D eigenvalue weighted by atomic mass is 9.92. The van der Waals surface area contributed by atoms with Crippen LogP contribution in [0.1, 0.15) is 0 Å². The Bertz CT molecular complexity index is 3880. The largest absolute Gasteiger partial charge is 0.456 e. The van der Waals surface area contributed by atoms with Gasteiger partial charge in [-0.1, -0.05) is 164 Å². The Kier molecular flexibility index (Phi) is 9.84. The molecule has 0 aliphatic carbocycles. The Morgan fingerprint density at radius 1 is 0.246 bits per heavy atom. The number of anilines is 3. The molecule has 11 aromatic carbocycles. The van der Waals surface area contributed by atoms with Crippen LogP contribution in [0.15, 0.2) is 271 Å². The Balaban J connectivity index is 0.934. The van der Waals surface area contributed by atoms with Gasteiger partial charge in [0.05, 0.1) is 11.0 Å². The molecule has 0 aliphatic rings. The van der Waals surface area contributed by atoms with Crippen LogP contribution in [0.5, 0.6) is 0 Å². The normalized spacial score (nSPS) is 11.5. The standard InChI is InChI=1S/C66H44N2O/c1-4-14-45(15-5-1)47-24-32-56(33-25-47)67(57-34-26-48(27-35-57)46-16-6-2-7-17-46)58-36-28-49(29-37-58)52-40-53(42-54(41-52)51-30-38-61-60-21-11-13-23-65(60)69-66(61)44-51)50-31-39-64-62(43-50)59-20-10-12-22-63(59)68(64)55-18-8-3-9-19-55/h1-44H. The minimum Gasteiger partial charge on any atom is -0.456 e. The lowest BCUT2D eigenvalue weighted by molar-refractivity contribution is 0.669. The second kappa shape index (κ2) is 16.9. The van der Waals surface area contributed by atoms with Crippen molar-refractivity contribution in [2.75, 3.05) is 4.90 Å². The SMILES string of the molecule is c1ccc(-c2ccc(N(c3ccc(-c4ccccc4)cc3)c3ccc(-c4cc(-c5ccc6c(c5)oc5ccccc56)cc(-c5ccc6c(c5)c5ccccc5n6-c5ccccc5)c4)cc3)cc2)cc1. The van der Waals surface area contributed by atoms with Crippen molar-refractivity contribution in [2.45, 2.75) is 0 Å². The van der Waals surface area contributed by atoms with Crippen LogP contribution in [-0.4, -0.2) is 4.57 Å². The summed E-state index contributed by atoms with van der Waals surface area (Å²) in [6.07, 6.45) is 0. The molecular formula is C66H44N2O. The maximum absolute atomic E-state index is 6.43. The van der Waals surface area contributed by atoms with Crippen molar-refractivity contribution >= 4 is 60.8 Å². The summed E-state index contributed by atoms with van der Waals surface area (Å²) < 4.78 is 8.81. The van der Waals surface area contributed by atoms with Gasteiger partial charge in [-0.15, -0.1) is 0 Å². The molecule has 0 saturated heterocycles. The zero-order chi connectivity index (χ0) is 45.7. The Hall–Kier alpha value is -9.18. The molecule has 0 saturated carbocycles. The van der Waals surface area contributed by atoms with Gasteiger partial charge in [0.25, 0.3) is 0 Å². The third-order valence-corrected chi connectivity index (χ3v) is 13.6. The summed E-state index contributed by atoms with van der Waals surface area (Å²) in [5, 5.41) is 4.70. The second-order valence-corrected chi connectivity index (χ2v) is 17.7. The highest BCUT2D eigenvalue weighted by Gasteiger charge is 2.18. The molecule has 0 radical (unpaired) electrons. The monoisotopic (exact) mass is 880 g/mol. The number of hydrogen-bond donors (Lipinski definition) is 0. The van der Waals surface area contributed by atoms with Crippen molar-refractivity contribution in [1.82, 2.24) is 4.57 Å². The second-order valence-electron chi connectivity index (χ2n) is 17.7. The molecule has 0 bridgehead atoms. The van der Waals surface area contributed by atoms with E-state index >= 15 is 0 Å². The molecule has 0 amide bonds. The first-order chi connectivity index (χ1) is 34.2. The summed E-state index contributed by atoms with van der Waals surface area (Å²) in [7, 11) is 0. The number of rotatable bonds is 9. The average molecular weight is 881 g/mol. The molecule has 69 heavy (non-hydrogen) atoms. The van der Waals surface area contributed by atoms with Crippen LogP contribution >= 0.6 is 0 Å². The molecule has 13 rings (SSSR count). The third-order valence-electron chi connectivity index (χ3n) is 13.6. The van der Waals surface area contributed by atoms with E-state index in [1.54, 1.807) is 0 Å². The Morgan fingerprint density at radius 3 is 1.25 bits per heavy atom. The van der Waals surface area contributed by atoms with Gasteiger partial charge >= 0.3 is 0 Å². The van der Waals surface area contributed by atoms with Crippen LogP contribution in [0.4, 0.5) is 17.1 Å². The van der Waals surface area contributed by atoms with Gasteiger partial charge in [-0.3, -0.25) is 0 Å². The minimum absolute atomic E-state index is 0.883. The van der Waals surface area contributed by atoms with Crippen molar-refractivity contribution in [3.05, 3.63) is 267 Å². The van der Waals surface area contributed by atoms with Gasteiger partial charge in [0.1, 0.15) is 11.2 Å². The van der Waals surface area contributed by atoms with Crippen molar-refractivity contribution in [3.8, 4) is 61.3 Å². The van der Waals surface area contributed by atoms with E-state index < -0.39 is 0 Å². The maximum Gasteiger partial charge on any atom is 0.136 e. The predicted octanol–water partition coefficient (Wildman–Crippen LogP) is 18.5. The Labute approximate surface area is 401 Å². The summed E-state index contributed by atoms with van der Waals surface area (Å²) in [5.74, 6) is 0. The highest BCUT2D eigenvalue weighted by Crippen LogP contribution is 2.42. The quantitative estimate of drug-likeness (QED) is 0.144. The van der Waals surface area contributed by atoms with Crippen LogP contribution in [0.3, 0.4) is 0 Å². The van der Waals surface area contributed by atoms with Gasteiger partial charge in [-0.25, -0.2) is 0 Å². The zero-order valence-corrected chi connectivity index (χ0v) is 37.7. The highest BCUT2D eigenvalue weighted by molar-refractivity contribution is 6.11. The molecule has 3 nitrogen and oxygen atoms in total. The topological polar surface area (TPSA) is 21.3 Å². The summed E-state index contributed by atoms with van der Waals surface area (Å²) in [5.41, 5.74) is 20.1. The van der Waals surface area contributed by atoms with E-state index in [1.165, 1.54) is 44.1 Å². The lowest BCUT2D eigenvalue weighted by Gasteiger charge is -2.26. The summed E-state index contributed by atoms with van der Waals surface area (Å²) in [6, 6.07) is 96.2. The number of benzene rings is 11. The van der Waals surface area contributed by atoms with E-state index in [4.69, 9.17) is 4.42 Å². The summed E-state index contributed by atoms with van der Waals surface area (Å²) in [6.45, 7) is 0. The van der Waals surface area contributed by atoms with Crippen LogP contribution in [0.25, 0.3) is 105 Å². The average Bonchev–Trinajstić information content (AvgIpc) is 3.97. The molecule has 0 fully saturated rings. The summed E-state index contributed by atoms with van der Waals surface area (Å²) in [4.78, 5) is 2.35. The molecule has 2 heterocycles. The molecular weight excluding hydrogens is 837 g/mol. The summed E-state index contributed by atoms with van der Waals surface area (Å²) >= 11 is 0. The fraction of sp³-hybridized carbons (Fsp3) is 0. The van der Waals surface area contributed by atoms with E-state index in [0.29, 0.717) is 0 Å². The molecule has 0 unspecified atom stereocenters. The fourth-order valence-corrected chi connectivity index (χ4v) is 10.2. The molecule has 0 aliphatic heterocycles. The Morgan fingerprint density at radius 2 is 0.652 bits per heavy atom. The van der Waals surface area contributed by atoms with Crippen LogP contribution in [0.2, 0.25) is 0 Å². The van der Waals surface area contributed by atoms with E-state index in [9.17, 15) is 0 Å². The molecule has 324 valence electrons. The molecule has 0 atom stereocenters. The first-order valence-corrected chi connectivity index (χ1v) is 23.6. The number of para-hydroxylation sites is 3. The fourth-order valence-electron chi connectivity index (χ4n) is 10.2.